The fourth-order valence-corrected chi connectivity index (χ4v) is 27.9. The third-order valence-electron chi connectivity index (χ3n) is 29.9. The van der Waals surface area contributed by atoms with Crippen molar-refractivity contribution in [2.45, 2.75) is 194 Å². The van der Waals surface area contributed by atoms with Gasteiger partial charge in [0.25, 0.3) is 6.08 Å². The second-order valence-electron chi connectivity index (χ2n) is 38.7. The summed E-state index contributed by atoms with van der Waals surface area (Å²) in [4.78, 5) is 81.1. The van der Waals surface area contributed by atoms with Crippen LogP contribution in [-0.2, 0) is 28.4 Å². The van der Waals surface area contributed by atoms with Crippen LogP contribution < -0.4 is 50.7 Å². The average Bonchev–Trinajstić information content (AvgIpc) is 0.715. The van der Waals surface area contributed by atoms with Gasteiger partial charge in [0, 0.05) is 127 Å². The van der Waals surface area contributed by atoms with Crippen molar-refractivity contribution in [2.75, 3.05) is 25.1 Å². The zero-order valence-corrected chi connectivity index (χ0v) is 86.7. The summed E-state index contributed by atoms with van der Waals surface area (Å²) in [6.07, 6.45) is 34.7. The van der Waals surface area contributed by atoms with Gasteiger partial charge in [0.05, 0.1) is 33.3 Å². The SMILES string of the molecule is C=C1CCC(c2ccnc3ccc(F)cc23)CC1.CP(Br)(c1ccccc1)(c1ccccc1)c1ccccc1.Fc1ccc2nccc(C3CCC4(CCN4)CC3)c2c1.O=C(Nc1ccc(Cl)cc1)N1CCC12CCC(c1ccnc3ccc(F)cc13)CC2.O=C1CC2(CCC(c3ccnc4ccc(F)cc34)CC2)N1.O=C1CCC(c2ccnc3ccc(F)cc23)CC1.O=C=NS(=O)(=O)Cl.O=C=Nc1ccc(Cl)cc1.[AlH3].[H-].[Li+]. The van der Waals surface area contributed by atoms with E-state index in [1.54, 1.807) is 103 Å². The Morgan fingerprint density at radius 2 is 0.782 bits per heavy atom. The number of β-lactam (4-membered cyclic amide) rings is 1. The molecule has 15 aromatic rings. The molecule has 8 aliphatic rings. The number of carbonyl (C=O) groups excluding carboxylic acids is 5. The van der Waals surface area contributed by atoms with E-state index in [1.807, 2.05) is 66.1 Å². The van der Waals surface area contributed by atoms with Crippen molar-refractivity contribution in [2.24, 2.45) is 9.39 Å². The van der Waals surface area contributed by atoms with Crippen molar-refractivity contribution < 1.29 is 74.6 Å². The molecule has 23 rings (SSSR count). The number of rotatable bonds is 11. The third-order valence-corrected chi connectivity index (χ3v) is 39.2. The zero-order valence-electron chi connectivity index (χ0n) is 82.2. The molecule has 3 aliphatic heterocycles. The summed E-state index contributed by atoms with van der Waals surface area (Å²) < 4.78 is 89.0. The van der Waals surface area contributed by atoms with Gasteiger partial charge in [0.1, 0.15) is 34.9 Å². The molecule has 0 bridgehead atoms. The number of isocyanates is 2. The number of pyridine rings is 5. The number of fused-ring (bicyclic) bond motifs is 5. The van der Waals surface area contributed by atoms with E-state index in [0.29, 0.717) is 75.9 Å². The molecule has 0 atom stereocenters. The van der Waals surface area contributed by atoms with Crippen LogP contribution in [0.1, 0.15) is 207 Å². The number of nitrogens with one attached hydrogen (secondary N) is 3. The fraction of sp³-hybridized carbons (Fsp3) is 0.293. The maximum absolute atomic E-state index is 13.8. The summed E-state index contributed by atoms with van der Waals surface area (Å²) in [5.41, 5.74) is 13.4. The minimum atomic E-state index is -4.00. The molecule has 147 heavy (non-hydrogen) atoms. The number of Topliss-reactive ketones (excluding diaryl/α,β-unsaturated/α-hetero) is 1. The Bertz CT molecular complexity index is 7190. The van der Waals surface area contributed by atoms with Gasteiger partial charge < -0.3 is 22.3 Å². The molecule has 0 unspecified atom stereocenters. The van der Waals surface area contributed by atoms with Crippen LogP contribution in [0.4, 0.5) is 38.1 Å². The van der Waals surface area contributed by atoms with Crippen molar-refractivity contribution in [3.8, 4) is 0 Å². The number of amides is 3. The molecule has 3 saturated heterocycles. The Kier molecular flexibility index (Phi) is 38.1. The van der Waals surface area contributed by atoms with Crippen molar-refractivity contribution in [3.05, 3.63) is 371 Å². The number of nitrogens with zero attached hydrogens (tertiary/aromatic N) is 8. The number of ketones is 1. The summed E-state index contributed by atoms with van der Waals surface area (Å²) in [7, 11) is 0.376. The number of benzene rings is 10. The second-order valence-corrected chi connectivity index (χ2v) is 51.5. The topological polar surface area (TPSA) is 248 Å². The largest absolute Gasteiger partial charge is 1.00 e. The monoisotopic (exact) mass is 2150 g/mol. The molecule has 3 spiro atoms. The summed E-state index contributed by atoms with van der Waals surface area (Å²) in [6.45, 7) is 8.37. The van der Waals surface area contributed by atoms with Crippen LogP contribution in [-0.4, -0.2) is 122 Å². The second kappa shape index (κ2) is 50.3. The van der Waals surface area contributed by atoms with Crippen LogP contribution in [0.25, 0.3) is 54.5 Å². The quantitative estimate of drug-likeness (QED) is 0.0160. The number of carbonyl (C=O) groups is 3. The van der Waals surface area contributed by atoms with Crippen LogP contribution in [0.15, 0.2) is 313 Å². The molecule has 0 radical (unpaired) electrons. The predicted molar refractivity (Wildman–Crippen MR) is 587 cm³/mol. The minimum Gasteiger partial charge on any atom is -1.00 e. The first-order chi connectivity index (χ1) is 69.9. The summed E-state index contributed by atoms with van der Waals surface area (Å²) in [6, 6.07) is 80.2. The summed E-state index contributed by atoms with van der Waals surface area (Å²) >= 11 is 15.7. The van der Waals surface area contributed by atoms with E-state index in [1.165, 1.54) is 119 Å². The number of anilines is 1. The van der Waals surface area contributed by atoms with E-state index in [-0.39, 0.29) is 89.8 Å². The van der Waals surface area contributed by atoms with E-state index in [4.69, 9.17) is 28.0 Å². The molecule has 3 amide bonds. The number of aromatic nitrogens is 5. The number of hydrogen-bond donors (Lipinski definition) is 3. The van der Waals surface area contributed by atoms with E-state index >= 15 is 0 Å². The Balaban J connectivity index is 0.000000144. The number of aliphatic imine (C=N–C) groups is 1. The number of halogens is 9. The molecule has 5 aliphatic carbocycles. The third kappa shape index (κ3) is 27.7. The van der Waals surface area contributed by atoms with Crippen molar-refractivity contribution in [1.82, 2.24) is 40.5 Å². The van der Waals surface area contributed by atoms with Crippen LogP contribution >= 0.6 is 54.7 Å². The summed E-state index contributed by atoms with van der Waals surface area (Å²) in [5.74, 6) is 1.71. The van der Waals surface area contributed by atoms with Gasteiger partial charge in [-0.1, -0.05) is 39.8 Å². The molecule has 31 heteroatoms. The Labute approximate surface area is 900 Å². The van der Waals surface area contributed by atoms with Crippen LogP contribution in [0.5, 0.6) is 0 Å². The average molecular weight is 2150 g/mol. The van der Waals surface area contributed by atoms with E-state index < -0.39 is 14.5 Å². The number of likely N-dealkylation sites (tertiary alicyclic amines) is 1. The van der Waals surface area contributed by atoms with Gasteiger partial charge in [0.15, 0.2) is 17.4 Å². The molecule has 8 fully saturated rings. The van der Waals surface area contributed by atoms with E-state index in [2.05, 4.69) is 187 Å². The van der Waals surface area contributed by atoms with Gasteiger partial charge >= 0.3 is 168 Å². The number of hydrogen-bond acceptors (Lipinski definition) is 14. The van der Waals surface area contributed by atoms with Gasteiger partial charge in [-0.3, -0.25) is 34.5 Å². The van der Waals surface area contributed by atoms with Crippen molar-refractivity contribution >= 4 is 193 Å². The fourth-order valence-electron chi connectivity index (χ4n) is 21.8. The maximum Gasteiger partial charge on any atom is 1.00 e. The first kappa shape index (κ1) is 111. The maximum atomic E-state index is 13.8. The Hall–Kier alpha value is -11.4. The number of allylic oxidation sites excluding steroid dienone is 1. The first-order valence-electron chi connectivity index (χ1n) is 49.0. The standard InChI is InChI=1S/C24H23ClFN3O.C19H18BrP.C17H17FN2O.C17H19FN2.C16H16FN.C15H14FNO.C7H4ClNO.CClNO3S.Al.Li.4H/c25-17-1-4-19(5-2-17)28-23(30)29-14-12-24(29)10-7-16(8-11-24)20-9-13-27-22-6-3-18(26)15-21(20)22;1-21(20,17-11-5-2-6-12-17,18-13-7-3-8-14-18)19-15-9-4-10-16-19;18-12-1-2-15-14(9-12)13(5-8-19-15)11-3-6-17(7-4-11)10-16(21)20-17;18-13-1-2-16-15(11-13)14(5-9-19-16)12-3-6-17(7-4-12)8-10-20-17;1-11-2-4-12(5-3-11)14-8-9-18-16-7-6-13(17)10-15(14)16;16-11-3-6-15-14(9-11)13(7-8-17-15)10-1-4-12(18)5-2-10;8-6-1-3-7(4-2-6)9-5-10;2-7(5,6)3-1-4;;;;;;/h1-6,9,13,15-16H,7-8,10-12,14H2,(H,28,30);2-16H,1H3;1-2,5,8-9,11H,3-4,6-7,10H2,(H,20,21);1-2,5,9,11-12,20H,3-4,6-8,10H2;6-10,12H,1-5H2;3,6-10H,1-2,4-5H2;1-4H;;;;;;;/q;;;;;;;;;+1;;;;-1. The molecule has 3 N–H and O–H groups in total. The van der Waals surface area contributed by atoms with E-state index in [0.717, 1.165) is 175 Å². The van der Waals surface area contributed by atoms with Crippen LogP contribution in [0.3, 0.4) is 0 Å². The summed E-state index contributed by atoms with van der Waals surface area (Å²) in [5, 5.41) is 17.1. The number of urea groups is 1. The van der Waals surface area contributed by atoms with Gasteiger partial charge in [-0.25, -0.2) is 36.3 Å². The predicted octanol–water partition coefficient (Wildman–Crippen LogP) is 24.1. The smallest absolute Gasteiger partial charge is 1.00 e. The Morgan fingerprint density at radius 3 is 1.07 bits per heavy atom. The van der Waals surface area contributed by atoms with Gasteiger partial charge in [0.2, 0.25) is 12.0 Å². The van der Waals surface area contributed by atoms with Gasteiger partial charge in [-0.05, 0) is 362 Å². The molecular formula is C116H115AlBrCl3F5LiN11O7PS. The van der Waals surface area contributed by atoms with Gasteiger partial charge in [-0.2, -0.15) is 13.4 Å². The van der Waals surface area contributed by atoms with Crippen molar-refractivity contribution in [3.63, 3.8) is 0 Å². The van der Waals surface area contributed by atoms with Crippen LogP contribution in [0.2, 0.25) is 10.0 Å². The van der Waals surface area contributed by atoms with Crippen molar-refractivity contribution in [1.29, 1.82) is 0 Å². The molecular weight excluding hydrogens is 2040 g/mol. The minimum absolute atomic E-state index is 0. The Morgan fingerprint density at radius 1 is 0.463 bits per heavy atom. The molecule has 10 aromatic carbocycles. The zero-order chi connectivity index (χ0) is 102. The normalized spacial score (nSPS) is 20.0. The molecule has 18 nitrogen and oxygen atoms in total. The van der Waals surface area contributed by atoms with E-state index in [9.17, 15) is 49.5 Å². The van der Waals surface area contributed by atoms with Gasteiger partial charge in [-0.15, -0.1) is 0 Å². The molecule has 8 heterocycles. The molecule has 5 saturated carbocycles. The first-order valence-corrected chi connectivity index (χ1v) is 56.7. The molecule has 754 valence electrons. The van der Waals surface area contributed by atoms with Crippen LogP contribution in [0, 0.1) is 29.1 Å². The molecule has 5 aromatic heterocycles.